The molecule has 1 aromatic carbocycles. The van der Waals surface area contributed by atoms with E-state index in [1.165, 1.54) is 0 Å². The van der Waals surface area contributed by atoms with E-state index in [9.17, 15) is 4.79 Å². The Bertz CT molecular complexity index is 310. The van der Waals surface area contributed by atoms with Gasteiger partial charge >= 0.3 is 5.97 Å². The molecule has 0 aliphatic carbocycles. The van der Waals surface area contributed by atoms with E-state index in [-0.39, 0.29) is 12.5 Å². The first-order valence-electron chi connectivity index (χ1n) is 4.30. The highest BCUT2D eigenvalue weighted by Crippen LogP contribution is 2.11. The van der Waals surface area contributed by atoms with Crippen LogP contribution in [0, 0.1) is 0 Å². The normalized spacial score (nSPS) is 12.4. The average molecular weight is 214 g/mol. The molecule has 0 aromatic heterocycles. The van der Waals surface area contributed by atoms with Crippen LogP contribution in [0.3, 0.4) is 0 Å². The molecule has 3 nitrogen and oxygen atoms in total. The summed E-state index contributed by atoms with van der Waals surface area (Å²) in [6.07, 6.45) is 0.548. The van der Waals surface area contributed by atoms with Crippen molar-refractivity contribution >= 4 is 17.6 Å². The first-order chi connectivity index (χ1) is 6.58. The van der Waals surface area contributed by atoms with Crippen LogP contribution in [0.15, 0.2) is 24.3 Å². The molecule has 14 heavy (non-hydrogen) atoms. The first-order valence-corrected chi connectivity index (χ1v) is 4.67. The predicted octanol–water partition coefficient (Wildman–Crippen LogP) is 1.68. The van der Waals surface area contributed by atoms with Gasteiger partial charge in [-0.15, -0.1) is 0 Å². The van der Waals surface area contributed by atoms with Crippen LogP contribution >= 0.6 is 11.6 Å². The SMILES string of the molecule is N[C@@H](CC(=O)O)Cc1ccc(Cl)cc1. The summed E-state index contributed by atoms with van der Waals surface area (Å²) in [6.45, 7) is 0. The number of hydrogen-bond acceptors (Lipinski definition) is 2. The lowest BCUT2D eigenvalue weighted by atomic mass is 10.0. The molecule has 1 atom stereocenters. The lowest BCUT2D eigenvalue weighted by Gasteiger charge is -2.08. The molecule has 1 rings (SSSR count). The molecule has 1 aromatic rings. The van der Waals surface area contributed by atoms with E-state index >= 15 is 0 Å². The van der Waals surface area contributed by atoms with Crippen molar-refractivity contribution in [3.8, 4) is 0 Å². The summed E-state index contributed by atoms with van der Waals surface area (Å²) in [7, 11) is 0. The van der Waals surface area contributed by atoms with E-state index in [2.05, 4.69) is 0 Å². The standard InChI is InChI=1S/C10H12ClNO2/c11-8-3-1-7(2-4-8)5-9(12)6-10(13)14/h1-4,9H,5-6,12H2,(H,13,14)/t9-/m1/s1. The molecule has 0 unspecified atom stereocenters. The molecule has 4 heteroatoms. The molecule has 0 aliphatic rings. The van der Waals surface area contributed by atoms with Gasteiger partial charge in [0, 0.05) is 11.1 Å². The summed E-state index contributed by atoms with van der Waals surface area (Å²) in [4.78, 5) is 10.4. The van der Waals surface area contributed by atoms with Gasteiger partial charge in [0.05, 0.1) is 6.42 Å². The Hall–Kier alpha value is -1.06. The van der Waals surface area contributed by atoms with E-state index in [1.54, 1.807) is 12.1 Å². The smallest absolute Gasteiger partial charge is 0.304 e. The number of carbonyl (C=O) groups is 1. The molecule has 0 aliphatic heterocycles. The molecule has 0 saturated heterocycles. The van der Waals surface area contributed by atoms with Crippen LogP contribution in [-0.2, 0) is 11.2 Å². The molecule has 76 valence electrons. The van der Waals surface area contributed by atoms with Gasteiger partial charge in [0.15, 0.2) is 0 Å². The molecule has 0 bridgehead atoms. The van der Waals surface area contributed by atoms with Gasteiger partial charge in [-0.2, -0.15) is 0 Å². The fraction of sp³-hybridized carbons (Fsp3) is 0.300. The van der Waals surface area contributed by atoms with Crippen molar-refractivity contribution in [1.29, 1.82) is 0 Å². The Morgan fingerprint density at radius 1 is 1.43 bits per heavy atom. The Balaban J connectivity index is 2.51. The molecule has 0 spiro atoms. The second-order valence-corrected chi connectivity index (χ2v) is 3.62. The third-order valence-electron chi connectivity index (χ3n) is 1.85. The minimum absolute atomic E-state index is 0.0113. The topological polar surface area (TPSA) is 63.3 Å². The maximum atomic E-state index is 10.4. The van der Waals surface area contributed by atoms with Crippen molar-refractivity contribution in [3.63, 3.8) is 0 Å². The van der Waals surface area contributed by atoms with Gasteiger partial charge in [0.2, 0.25) is 0 Å². The molecular weight excluding hydrogens is 202 g/mol. The summed E-state index contributed by atoms with van der Waals surface area (Å²) in [5.74, 6) is -0.869. The number of carboxylic acid groups (broad SMARTS) is 1. The quantitative estimate of drug-likeness (QED) is 0.800. The highest BCUT2D eigenvalue weighted by atomic mass is 35.5. The molecule has 3 N–H and O–H groups in total. The van der Waals surface area contributed by atoms with Crippen molar-refractivity contribution in [2.24, 2.45) is 5.73 Å². The number of halogens is 1. The number of benzene rings is 1. The molecule has 0 fully saturated rings. The van der Waals surface area contributed by atoms with Gasteiger partial charge < -0.3 is 10.8 Å². The van der Waals surface area contributed by atoms with Crippen LogP contribution in [0.2, 0.25) is 5.02 Å². The maximum absolute atomic E-state index is 10.4. The molecular formula is C10H12ClNO2. The van der Waals surface area contributed by atoms with Gasteiger partial charge in [0.25, 0.3) is 0 Å². The Morgan fingerprint density at radius 2 is 2.00 bits per heavy atom. The number of carboxylic acids is 1. The molecule has 0 heterocycles. The fourth-order valence-corrected chi connectivity index (χ4v) is 1.35. The Kier molecular flexibility index (Phi) is 3.92. The summed E-state index contributed by atoms with van der Waals surface area (Å²) < 4.78 is 0. The van der Waals surface area contributed by atoms with Crippen LogP contribution in [0.25, 0.3) is 0 Å². The van der Waals surface area contributed by atoms with Crippen LogP contribution in [0.4, 0.5) is 0 Å². The van der Waals surface area contributed by atoms with Crippen molar-refractivity contribution in [3.05, 3.63) is 34.9 Å². The Labute approximate surface area is 87.5 Å². The predicted molar refractivity (Wildman–Crippen MR) is 55.4 cm³/mol. The van der Waals surface area contributed by atoms with Crippen LogP contribution in [0.1, 0.15) is 12.0 Å². The van der Waals surface area contributed by atoms with Gasteiger partial charge in [-0.1, -0.05) is 23.7 Å². The van der Waals surface area contributed by atoms with E-state index in [0.717, 1.165) is 5.56 Å². The number of nitrogens with two attached hydrogens (primary N) is 1. The number of hydrogen-bond donors (Lipinski definition) is 2. The molecule has 0 amide bonds. The highest BCUT2D eigenvalue weighted by molar-refractivity contribution is 6.30. The van der Waals surface area contributed by atoms with E-state index in [4.69, 9.17) is 22.4 Å². The van der Waals surface area contributed by atoms with Gasteiger partial charge in [-0.05, 0) is 24.1 Å². The van der Waals surface area contributed by atoms with Crippen molar-refractivity contribution in [2.45, 2.75) is 18.9 Å². The summed E-state index contributed by atoms with van der Waals surface area (Å²) in [5, 5.41) is 9.17. The zero-order valence-corrected chi connectivity index (χ0v) is 8.37. The Morgan fingerprint density at radius 3 is 2.50 bits per heavy atom. The number of aliphatic carboxylic acids is 1. The summed E-state index contributed by atoms with van der Waals surface area (Å²) in [6, 6.07) is 6.90. The minimum atomic E-state index is -0.869. The lowest BCUT2D eigenvalue weighted by molar-refractivity contribution is -0.137. The van der Waals surface area contributed by atoms with E-state index in [0.29, 0.717) is 11.4 Å². The zero-order chi connectivity index (χ0) is 10.6. The second-order valence-electron chi connectivity index (χ2n) is 3.19. The first kappa shape index (κ1) is 11.0. The van der Waals surface area contributed by atoms with Crippen molar-refractivity contribution in [2.75, 3.05) is 0 Å². The monoisotopic (exact) mass is 213 g/mol. The van der Waals surface area contributed by atoms with Crippen LogP contribution in [0.5, 0.6) is 0 Å². The van der Waals surface area contributed by atoms with Gasteiger partial charge in [0.1, 0.15) is 0 Å². The van der Waals surface area contributed by atoms with Gasteiger partial charge in [-0.3, -0.25) is 4.79 Å². The third kappa shape index (κ3) is 3.77. The second kappa shape index (κ2) is 4.98. The lowest BCUT2D eigenvalue weighted by Crippen LogP contribution is -2.26. The molecule has 0 saturated carbocycles. The molecule has 0 radical (unpaired) electrons. The minimum Gasteiger partial charge on any atom is -0.481 e. The van der Waals surface area contributed by atoms with Gasteiger partial charge in [-0.25, -0.2) is 0 Å². The zero-order valence-electron chi connectivity index (χ0n) is 7.61. The van der Waals surface area contributed by atoms with E-state index in [1.807, 2.05) is 12.1 Å². The highest BCUT2D eigenvalue weighted by Gasteiger charge is 2.08. The third-order valence-corrected chi connectivity index (χ3v) is 2.10. The largest absolute Gasteiger partial charge is 0.481 e. The van der Waals surface area contributed by atoms with Crippen LogP contribution < -0.4 is 5.73 Å². The summed E-state index contributed by atoms with van der Waals surface area (Å²) >= 11 is 5.71. The average Bonchev–Trinajstić information content (AvgIpc) is 2.07. The fourth-order valence-electron chi connectivity index (χ4n) is 1.22. The number of rotatable bonds is 4. The van der Waals surface area contributed by atoms with Crippen molar-refractivity contribution < 1.29 is 9.90 Å². The summed E-state index contributed by atoms with van der Waals surface area (Å²) in [5.41, 5.74) is 6.63. The van der Waals surface area contributed by atoms with Crippen LogP contribution in [-0.4, -0.2) is 17.1 Å². The maximum Gasteiger partial charge on any atom is 0.304 e. The van der Waals surface area contributed by atoms with E-state index < -0.39 is 5.97 Å². The van der Waals surface area contributed by atoms with Crippen molar-refractivity contribution in [1.82, 2.24) is 0 Å².